The molecule has 3 aromatic rings. The normalized spacial score (nSPS) is 11.7. The van der Waals surface area contributed by atoms with Crippen LogP contribution in [-0.2, 0) is 25.6 Å². The Morgan fingerprint density at radius 3 is 1.72 bits per heavy atom. The Labute approximate surface area is 182 Å². The number of alkyl halides is 3. The number of rotatable bonds is 5. The Kier molecular flexibility index (Phi) is 8.47. The Balaban J connectivity index is 0.000000654. The van der Waals surface area contributed by atoms with Crippen molar-refractivity contribution in [2.75, 3.05) is 0 Å². The summed E-state index contributed by atoms with van der Waals surface area (Å²) < 4.78 is 80.2. The van der Waals surface area contributed by atoms with Crippen LogP contribution in [0.1, 0.15) is 36.4 Å². The van der Waals surface area contributed by atoms with Gasteiger partial charge in [0.25, 0.3) is 0 Å². The third kappa shape index (κ3) is 7.69. The summed E-state index contributed by atoms with van der Waals surface area (Å²) in [5, 5.41) is 0. The zero-order valence-corrected chi connectivity index (χ0v) is 17.6. The van der Waals surface area contributed by atoms with Gasteiger partial charge in [0, 0.05) is 30.5 Å². The molecule has 0 amide bonds. The first-order valence-corrected chi connectivity index (χ1v) is 10.1. The molecule has 0 atom stereocenters. The number of benzene rings is 2. The van der Waals surface area contributed by atoms with Crippen molar-refractivity contribution >= 4 is 7.25 Å². The van der Waals surface area contributed by atoms with Crippen molar-refractivity contribution in [1.29, 1.82) is 0 Å². The van der Waals surface area contributed by atoms with Crippen LogP contribution in [0.25, 0.3) is 11.1 Å². The highest BCUT2D eigenvalue weighted by Gasteiger charge is 2.31. The van der Waals surface area contributed by atoms with E-state index in [0.717, 1.165) is 41.4 Å². The van der Waals surface area contributed by atoms with Gasteiger partial charge in [0.15, 0.2) is 17.9 Å². The second-order valence-corrected chi connectivity index (χ2v) is 7.08. The number of nitrogens with zero attached hydrogens (tertiary/aromatic N) is 1. The molecule has 0 aliphatic rings. The highest BCUT2D eigenvalue weighted by atomic mass is 19.5. The minimum Gasteiger partial charge on any atom is -0.418 e. The first-order chi connectivity index (χ1) is 14.9. The summed E-state index contributed by atoms with van der Waals surface area (Å²) >= 11 is 0. The molecule has 0 spiro atoms. The molecule has 0 saturated carbocycles. The molecular weight excluding hydrogens is 434 g/mol. The molecule has 32 heavy (non-hydrogen) atoms. The van der Waals surface area contributed by atoms with Gasteiger partial charge in [-0.25, -0.2) is 0 Å². The van der Waals surface area contributed by atoms with Crippen LogP contribution in [0.15, 0.2) is 66.7 Å². The lowest BCUT2D eigenvalue weighted by Crippen LogP contribution is -2.43. The van der Waals surface area contributed by atoms with Gasteiger partial charge in [-0.15, -0.1) is 0 Å². The standard InChI is InChI=1S/C23H23F3N.BF4/c1-3-21-14-19(18-10-6-5-7-11-18)15-22(4-2)27(21)16-17-9-8-12-20(13-17)23(24,25)26;2-1(3,4)5/h5-15H,3-4,16H2,1-2H3;/q+1;-1. The first kappa shape index (κ1) is 25.4. The van der Waals surface area contributed by atoms with Crippen LogP contribution in [0, 0.1) is 0 Å². The molecule has 0 aliphatic heterocycles. The molecule has 0 saturated heterocycles. The summed E-state index contributed by atoms with van der Waals surface area (Å²) in [6, 6.07) is 20.0. The molecule has 0 N–H and O–H groups in total. The van der Waals surface area contributed by atoms with Gasteiger partial charge >= 0.3 is 13.4 Å². The zero-order valence-electron chi connectivity index (χ0n) is 17.6. The molecule has 9 heteroatoms. The Morgan fingerprint density at radius 1 is 0.719 bits per heavy atom. The van der Waals surface area contributed by atoms with E-state index in [-0.39, 0.29) is 0 Å². The molecule has 0 unspecified atom stereocenters. The van der Waals surface area contributed by atoms with Gasteiger partial charge in [-0.2, -0.15) is 17.7 Å². The van der Waals surface area contributed by atoms with Crippen LogP contribution in [-0.4, -0.2) is 7.25 Å². The minimum absolute atomic E-state index is 0.436. The Bertz CT molecular complexity index is 984. The Hall–Kier alpha value is -2.84. The molecule has 1 nitrogen and oxygen atoms in total. The second kappa shape index (κ2) is 10.7. The van der Waals surface area contributed by atoms with Crippen molar-refractivity contribution in [3.05, 3.63) is 89.2 Å². The molecule has 172 valence electrons. The van der Waals surface area contributed by atoms with Crippen molar-refractivity contribution < 1.29 is 35.0 Å². The molecule has 0 radical (unpaired) electrons. The fourth-order valence-electron chi connectivity index (χ4n) is 3.36. The fourth-order valence-corrected chi connectivity index (χ4v) is 3.36. The van der Waals surface area contributed by atoms with E-state index in [1.165, 1.54) is 12.1 Å². The predicted molar refractivity (Wildman–Crippen MR) is 112 cm³/mol. The fraction of sp³-hybridized carbons (Fsp3) is 0.261. The lowest BCUT2D eigenvalue weighted by atomic mass is 10.0. The quantitative estimate of drug-likeness (QED) is 0.218. The van der Waals surface area contributed by atoms with Crippen molar-refractivity contribution in [2.24, 2.45) is 0 Å². The van der Waals surface area contributed by atoms with Gasteiger partial charge in [-0.3, -0.25) is 0 Å². The third-order valence-electron chi connectivity index (χ3n) is 4.76. The van der Waals surface area contributed by atoms with E-state index in [9.17, 15) is 30.4 Å². The van der Waals surface area contributed by atoms with Crippen LogP contribution in [0.5, 0.6) is 0 Å². The van der Waals surface area contributed by atoms with Crippen molar-refractivity contribution in [1.82, 2.24) is 0 Å². The number of aryl methyl sites for hydroxylation is 2. The van der Waals surface area contributed by atoms with Gasteiger partial charge in [0.1, 0.15) is 0 Å². The predicted octanol–water partition coefficient (Wildman–Crippen LogP) is 7.13. The number of pyridine rings is 1. The highest BCUT2D eigenvalue weighted by Crippen LogP contribution is 2.29. The van der Waals surface area contributed by atoms with Gasteiger partial charge in [-0.1, -0.05) is 56.3 Å². The summed E-state index contributed by atoms with van der Waals surface area (Å²) in [6.45, 7) is 4.59. The number of hydrogen-bond acceptors (Lipinski definition) is 0. The van der Waals surface area contributed by atoms with E-state index in [0.29, 0.717) is 12.1 Å². The van der Waals surface area contributed by atoms with E-state index >= 15 is 0 Å². The molecule has 1 heterocycles. The van der Waals surface area contributed by atoms with Crippen LogP contribution in [0.4, 0.5) is 30.4 Å². The SMILES string of the molecule is CCc1cc(-c2ccccc2)cc(CC)[n+]1Cc1cccc(C(F)(F)F)c1.F[B-](F)(F)F. The molecule has 3 rings (SSSR count). The van der Waals surface area contributed by atoms with Gasteiger partial charge in [0.2, 0.25) is 0 Å². The van der Waals surface area contributed by atoms with Crippen molar-refractivity contribution in [2.45, 2.75) is 39.4 Å². The maximum Gasteiger partial charge on any atom is 0.673 e. The molecular formula is C23H23BF7N. The van der Waals surface area contributed by atoms with E-state index in [1.54, 1.807) is 6.07 Å². The van der Waals surface area contributed by atoms with E-state index < -0.39 is 19.0 Å². The Morgan fingerprint density at radius 2 is 1.25 bits per heavy atom. The maximum absolute atomic E-state index is 13.0. The van der Waals surface area contributed by atoms with E-state index in [2.05, 4.69) is 42.7 Å². The zero-order chi connectivity index (χ0) is 23.9. The number of aromatic nitrogens is 1. The highest BCUT2D eigenvalue weighted by molar-refractivity contribution is 6.50. The molecule has 0 fully saturated rings. The summed E-state index contributed by atoms with van der Waals surface area (Å²) in [6.07, 6.45) is -2.70. The van der Waals surface area contributed by atoms with E-state index in [4.69, 9.17) is 0 Å². The van der Waals surface area contributed by atoms with Gasteiger partial charge in [-0.05, 0) is 23.3 Å². The monoisotopic (exact) mass is 457 g/mol. The summed E-state index contributed by atoms with van der Waals surface area (Å²) in [4.78, 5) is 0. The van der Waals surface area contributed by atoms with Crippen LogP contribution >= 0.6 is 0 Å². The third-order valence-corrected chi connectivity index (χ3v) is 4.76. The largest absolute Gasteiger partial charge is 0.673 e. The number of halogens is 7. The smallest absolute Gasteiger partial charge is 0.418 e. The minimum atomic E-state index is -6.00. The molecule has 2 aromatic carbocycles. The second-order valence-electron chi connectivity index (χ2n) is 7.08. The average Bonchev–Trinajstić information content (AvgIpc) is 2.73. The van der Waals surface area contributed by atoms with Crippen molar-refractivity contribution in [3.8, 4) is 11.1 Å². The van der Waals surface area contributed by atoms with Crippen LogP contribution in [0.3, 0.4) is 0 Å². The average molecular weight is 457 g/mol. The van der Waals surface area contributed by atoms with Gasteiger partial charge < -0.3 is 17.3 Å². The van der Waals surface area contributed by atoms with Gasteiger partial charge in [0.05, 0.1) is 5.56 Å². The lowest BCUT2D eigenvalue weighted by molar-refractivity contribution is -0.702. The van der Waals surface area contributed by atoms with Crippen molar-refractivity contribution in [3.63, 3.8) is 0 Å². The summed E-state index contributed by atoms with van der Waals surface area (Å²) in [5.74, 6) is 0. The molecule has 0 aliphatic carbocycles. The topological polar surface area (TPSA) is 3.88 Å². The molecule has 1 aromatic heterocycles. The first-order valence-electron chi connectivity index (χ1n) is 10.1. The van der Waals surface area contributed by atoms with Crippen LogP contribution < -0.4 is 4.57 Å². The van der Waals surface area contributed by atoms with E-state index in [1.807, 2.05) is 18.2 Å². The molecule has 0 bridgehead atoms. The summed E-state index contributed by atoms with van der Waals surface area (Å²) in [5.41, 5.74) is 4.58. The number of hydrogen-bond donors (Lipinski definition) is 0. The van der Waals surface area contributed by atoms with Crippen LogP contribution in [0.2, 0.25) is 0 Å². The lowest BCUT2D eigenvalue weighted by Gasteiger charge is -2.12. The maximum atomic E-state index is 13.0. The summed E-state index contributed by atoms with van der Waals surface area (Å²) in [7, 11) is -6.00.